The molecule has 2 bridgehead atoms. The van der Waals surface area contributed by atoms with Crippen molar-refractivity contribution in [2.75, 3.05) is 36.4 Å². The second-order valence-electron chi connectivity index (χ2n) is 11.9. The molecule has 1 aromatic heterocycles. The Morgan fingerprint density at radius 3 is 2.77 bits per heavy atom. The van der Waals surface area contributed by atoms with E-state index in [9.17, 15) is 19.2 Å². The van der Waals surface area contributed by atoms with Crippen LogP contribution in [0.5, 0.6) is 0 Å². The van der Waals surface area contributed by atoms with Crippen molar-refractivity contribution in [1.82, 2.24) is 14.8 Å². The molecule has 4 aliphatic heterocycles. The summed E-state index contributed by atoms with van der Waals surface area (Å²) in [7, 11) is 0. The zero-order valence-corrected chi connectivity index (χ0v) is 23.2. The van der Waals surface area contributed by atoms with E-state index in [0.717, 1.165) is 67.8 Å². The van der Waals surface area contributed by atoms with Crippen LogP contribution < -0.4 is 21.1 Å². The average molecular weight is 546 g/mol. The quantitative estimate of drug-likeness (QED) is 0.544. The molecule has 2 aromatic rings. The summed E-state index contributed by atoms with van der Waals surface area (Å²) in [4.78, 5) is 55.1. The largest absolute Gasteiger partial charge is 0.366 e. The summed E-state index contributed by atoms with van der Waals surface area (Å²) in [5.41, 5.74) is 3.96. The Hall–Kier alpha value is -3.62. The number of nitrogens with one attached hydrogen (secondary N) is 2. The van der Waals surface area contributed by atoms with Crippen molar-refractivity contribution in [3.8, 4) is 0 Å². The number of likely N-dealkylation sites (tertiary alicyclic amines) is 1. The standard InChI is InChI=1S/C31H39N5O4/c1-20(37)33-23-10-11-26-22(16-23)17-25(31(40)32-12-6-14-34-13-4-2-3-8-28(34)38)30-24-15-21(19-36(26)30)18-35-27(24)7-5-9-29(35)39/h5,7,9-11,16,21,24-25,30H,2-4,6,8,12-15,17-19H2,1H3,(H,32,40)(H,33,37)/t21-,24+,25+,30+/m0/s1. The summed E-state index contributed by atoms with van der Waals surface area (Å²) in [6.07, 6.45) is 5.99. The third-order valence-electron chi connectivity index (χ3n) is 9.19. The maximum absolute atomic E-state index is 13.9. The van der Waals surface area contributed by atoms with E-state index >= 15 is 0 Å². The molecule has 2 fully saturated rings. The lowest BCUT2D eigenvalue weighted by molar-refractivity contribution is -0.130. The summed E-state index contributed by atoms with van der Waals surface area (Å²) in [5, 5.41) is 6.08. The normalized spacial score (nSPS) is 25.3. The Bertz CT molecular complexity index is 1370. The first kappa shape index (κ1) is 26.6. The van der Waals surface area contributed by atoms with Gasteiger partial charge in [-0.15, -0.1) is 0 Å². The molecule has 0 unspecified atom stereocenters. The molecule has 4 aliphatic rings. The van der Waals surface area contributed by atoms with Crippen molar-refractivity contribution in [3.05, 3.63) is 58.0 Å². The lowest BCUT2D eigenvalue weighted by Gasteiger charge is -2.54. The van der Waals surface area contributed by atoms with Crippen LogP contribution in [0.2, 0.25) is 0 Å². The van der Waals surface area contributed by atoms with E-state index in [4.69, 9.17) is 0 Å². The van der Waals surface area contributed by atoms with Crippen LogP contribution in [-0.2, 0) is 27.3 Å². The number of amides is 3. The van der Waals surface area contributed by atoms with E-state index in [1.807, 2.05) is 33.7 Å². The predicted octanol–water partition coefficient (Wildman–Crippen LogP) is 2.88. The van der Waals surface area contributed by atoms with Gasteiger partial charge in [-0.25, -0.2) is 0 Å². The number of carbonyl (C=O) groups is 3. The van der Waals surface area contributed by atoms with Gasteiger partial charge in [-0.05, 0) is 67.9 Å². The number of nitrogens with zero attached hydrogens (tertiary/aromatic N) is 3. The highest BCUT2D eigenvalue weighted by Gasteiger charge is 2.49. The molecule has 9 nitrogen and oxygen atoms in total. The zero-order chi connectivity index (χ0) is 27.8. The van der Waals surface area contributed by atoms with Gasteiger partial charge in [0.2, 0.25) is 17.7 Å². The highest BCUT2D eigenvalue weighted by Crippen LogP contribution is 2.48. The third-order valence-corrected chi connectivity index (χ3v) is 9.19. The first-order valence-electron chi connectivity index (χ1n) is 14.8. The molecule has 0 aliphatic carbocycles. The number of carbonyl (C=O) groups excluding carboxylic acids is 3. The van der Waals surface area contributed by atoms with Crippen LogP contribution in [0.4, 0.5) is 11.4 Å². The Labute approximate surface area is 234 Å². The maximum atomic E-state index is 13.9. The molecule has 9 heteroatoms. The highest BCUT2D eigenvalue weighted by molar-refractivity contribution is 5.89. The van der Waals surface area contributed by atoms with Crippen LogP contribution in [0.15, 0.2) is 41.2 Å². The minimum absolute atomic E-state index is 0.0154. The first-order valence-corrected chi connectivity index (χ1v) is 14.8. The molecule has 0 radical (unpaired) electrons. The predicted molar refractivity (Wildman–Crippen MR) is 153 cm³/mol. The summed E-state index contributed by atoms with van der Waals surface area (Å²) in [5.74, 6) is 0.218. The van der Waals surface area contributed by atoms with Gasteiger partial charge in [0.1, 0.15) is 0 Å². The average Bonchev–Trinajstić information content (AvgIpc) is 3.14. The van der Waals surface area contributed by atoms with Crippen molar-refractivity contribution in [3.63, 3.8) is 0 Å². The van der Waals surface area contributed by atoms with Gasteiger partial charge < -0.3 is 25.0 Å². The topological polar surface area (TPSA) is 104 Å². The fourth-order valence-corrected chi connectivity index (χ4v) is 7.49. The molecule has 40 heavy (non-hydrogen) atoms. The summed E-state index contributed by atoms with van der Waals surface area (Å²) in [6.45, 7) is 4.98. The number of fused-ring (bicyclic) bond motifs is 8. The molecule has 3 amide bonds. The van der Waals surface area contributed by atoms with E-state index in [1.165, 1.54) is 6.92 Å². The van der Waals surface area contributed by atoms with E-state index < -0.39 is 0 Å². The molecule has 0 saturated carbocycles. The van der Waals surface area contributed by atoms with Gasteiger partial charge in [0.05, 0.1) is 5.92 Å². The first-order chi connectivity index (χ1) is 19.4. The maximum Gasteiger partial charge on any atom is 0.250 e. The summed E-state index contributed by atoms with van der Waals surface area (Å²) in [6, 6.07) is 11.5. The van der Waals surface area contributed by atoms with E-state index in [-0.39, 0.29) is 41.2 Å². The number of pyridine rings is 1. The second-order valence-corrected chi connectivity index (χ2v) is 11.9. The number of anilines is 2. The Balaban J connectivity index is 1.25. The van der Waals surface area contributed by atoms with Gasteiger partial charge in [-0.2, -0.15) is 0 Å². The molecular weight excluding hydrogens is 506 g/mol. The Morgan fingerprint density at radius 1 is 1.05 bits per heavy atom. The number of aromatic nitrogens is 1. The molecular formula is C31H39N5O4. The fraction of sp³-hybridized carbons (Fsp3) is 0.548. The van der Waals surface area contributed by atoms with Crippen molar-refractivity contribution >= 4 is 29.1 Å². The smallest absolute Gasteiger partial charge is 0.250 e. The van der Waals surface area contributed by atoms with Crippen molar-refractivity contribution in [2.45, 2.75) is 70.4 Å². The number of benzene rings is 1. The van der Waals surface area contributed by atoms with E-state index in [0.29, 0.717) is 38.4 Å². The number of piperidine rings is 1. The summed E-state index contributed by atoms with van der Waals surface area (Å²) >= 11 is 0. The molecule has 2 N–H and O–H groups in total. The molecule has 4 atom stereocenters. The zero-order valence-electron chi connectivity index (χ0n) is 23.2. The van der Waals surface area contributed by atoms with Gasteiger partial charge in [-0.1, -0.05) is 12.5 Å². The van der Waals surface area contributed by atoms with Crippen LogP contribution in [0.3, 0.4) is 0 Å². The molecule has 5 heterocycles. The van der Waals surface area contributed by atoms with Gasteiger partial charge in [0.15, 0.2) is 0 Å². The van der Waals surface area contributed by atoms with Gasteiger partial charge >= 0.3 is 0 Å². The van der Waals surface area contributed by atoms with E-state index in [1.54, 1.807) is 6.07 Å². The van der Waals surface area contributed by atoms with Crippen LogP contribution in [0.25, 0.3) is 0 Å². The highest BCUT2D eigenvalue weighted by atomic mass is 16.2. The van der Waals surface area contributed by atoms with Crippen LogP contribution in [0.1, 0.15) is 62.6 Å². The fourth-order valence-electron chi connectivity index (χ4n) is 7.49. The van der Waals surface area contributed by atoms with Crippen molar-refractivity contribution < 1.29 is 14.4 Å². The van der Waals surface area contributed by atoms with Crippen LogP contribution in [0, 0.1) is 11.8 Å². The monoisotopic (exact) mass is 545 g/mol. The molecule has 0 spiro atoms. The minimum Gasteiger partial charge on any atom is -0.366 e. The van der Waals surface area contributed by atoms with Gasteiger partial charge in [0, 0.05) is 81.2 Å². The lowest BCUT2D eigenvalue weighted by Crippen LogP contribution is -2.60. The Morgan fingerprint density at radius 2 is 1.93 bits per heavy atom. The SMILES string of the molecule is CC(=O)Nc1ccc2c(c1)C[C@@H](C(=O)NCCCN1CCCCCC1=O)[C@H]1[C@@H]3C[C@H](CN21)Cn1c3cccc1=O. The summed E-state index contributed by atoms with van der Waals surface area (Å²) < 4.78 is 1.92. The number of rotatable bonds is 6. The number of hydrogen-bond acceptors (Lipinski definition) is 5. The van der Waals surface area contributed by atoms with Crippen LogP contribution in [-0.4, -0.2) is 59.4 Å². The van der Waals surface area contributed by atoms with Gasteiger partial charge in [0.25, 0.3) is 5.56 Å². The number of hydrogen-bond donors (Lipinski definition) is 2. The van der Waals surface area contributed by atoms with Crippen LogP contribution >= 0.6 is 0 Å². The van der Waals surface area contributed by atoms with Crippen molar-refractivity contribution in [1.29, 1.82) is 0 Å². The minimum atomic E-state index is -0.298. The molecule has 6 rings (SSSR count). The van der Waals surface area contributed by atoms with Gasteiger partial charge in [-0.3, -0.25) is 19.2 Å². The molecule has 1 aromatic carbocycles. The molecule has 212 valence electrons. The Kier molecular flexibility index (Phi) is 7.38. The second kappa shape index (κ2) is 11.1. The van der Waals surface area contributed by atoms with E-state index in [2.05, 4.69) is 21.6 Å². The lowest BCUT2D eigenvalue weighted by atomic mass is 9.69. The van der Waals surface area contributed by atoms with Crippen molar-refractivity contribution in [2.24, 2.45) is 11.8 Å². The molecule has 2 saturated heterocycles. The third kappa shape index (κ3) is 5.13.